The number of carbonyl (C=O) groups excluding carboxylic acids is 3. The lowest BCUT2D eigenvalue weighted by molar-refractivity contribution is -0.140. The first-order valence-electron chi connectivity index (χ1n) is 16.5. The summed E-state index contributed by atoms with van der Waals surface area (Å²) in [5.41, 5.74) is 5.28. The lowest BCUT2D eigenvalue weighted by Crippen LogP contribution is -2.49. The van der Waals surface area contributed by atoms with E-state index >= 15 is 0 Å². The van der Waals surface area contributed by atoms with Gasteiger partial charge in [-0.3, -0.25) is 14.5 Å². The largest absolute Gasteiger partial charge is 0.463 e. The molecule has 246 valence electrons. The van der Waals surface area contributed by atoms with E-state index in [9.17, 15) is 18.8 Å². The van der Waals surface area contributed by atoms with E-state index in [1.54, 1.807) is 43.0 Å². The normalized spacial score (nSPS) is 17.2. The Morgan fingerprint density at radius 2 is 1.46 bits per heavy atom. The molecular weight excluding hydrogens is 605 g/mol. The Balaban J connectivity index is 1.14. The minimum absolute atomic E-state index is 0.0207. The molecule has 4 aromatic carbocycles. The topological polar surface area (TPSA) is 70.2 Å². The molecule has 6 rings (SSSR count). The number of hydrogen-bond acceptors (Lipinski definition) is 5. The average Bonchev–Trinajstić information content (AvgIpc) is 3.11. The van der Waals surface area contributed by atoms with E-state index in [0.29, 0.717) is 35.5 Å². The molecule has 0 N–H and O–H groups in total. The van der Waals surface area contributed by atoms with E-state index in [-0.39, 0.29) is 37.4 Å². The number of ether oxygens (including phenoxy) is 1. The molecule has 1 saturated heterocycles. The van der Waals surface area contributed by atoms with Gasteiger partial charge in [0, 0.05) is 49.8 Å². The molecule has 0 saturated carbocycles. The molecule has 0 spiro atoms. The monoisotopic (exact) mass is 645 g/mol. The molecule has 2 aliphatic rings. The third-order valence-electron chi connectivity index (χ3n) is 9.31. The van der Waals surface area contributed by atoms with Crippen LogP contribution in [0.2, 0.25) is 0 Å². The van der Waals surface area contributed by atoms with Crippen molar-refractivity contribution >= 4 is 17.8 Å². The van der Waals surface area contributed by atoms with Gasteiger partial charge in [-0.15, -0.1) is 0 Å². The van der Waals surface area contributed by atoms with Crippen LogP contribution in [0.3, 0.4) is 0 Å². The van der Waals surface area contributed by atoms with Gasteiger partial charge in [0.25, 0.3) is 5.91 Å². The summed E-state index contributed by atoms with van der Waals surface area (Å²) >= 11 is 0. The van der Waals surface area contributed by atoms with E-state index < -0.39 is 17.7 Å². The lowest BCUT2D eigenvalue weighted by Gasteiger charge is -2.39. The number of rotatable bonds is 9. The van der Waals surface area contributed by atoms with Crippen molar-refractivity contribution in [3.05, 3.63) is 154 Å². The number of amides is 2. The summed E-state index contributed by atoms with van der Waals surface area (Å²) in [5.74, 6) is -1.73. The Bertz CT molecular complexity index is 1740. The quantitative estimate of drug-likeness (QED) is 0.189. The fraction of sp³-hybridized carbons (Fsp3) is 0.275. The first-order valence-corrected chi connectivity index (χ1v) is 16.5. The number of esters is 1. The van der Waals surface area contributed by atoms with Crippen molar-refractivity contribution in [1.29, 1.82) is 0 Å². The van der Waals surface area contributed by atoms with E-state index in [1.807, 2.05) is 29.2 Å². The molecule has 0 aliphatic carbocycles. The highest BCUT2D eigenvalue weighted by Gasteiger charge is 2.37. The van der Waals surface area contributed by atoms with Gasteiger partial charge in [0.15, 0.2) is 0 Å². The van der Waals surface area contributed by atoms with Gasteiger partial charge in [-0.25, -0.2) is 9.18 Å². The van der Waals surface area contributed by atoms with Crippen LogP contribution in [0.4, 0.5) is 4.39 Å². The smallest absolute Gasteiger partial charge is 0.336 e. The van der Waals surface area contributed by atoms with Crippen LogP contribution in [0.15, 0.2) is 120 Å². The van der Waals surface area contributed by atoms with Gasteiger partial charge in [0.2, 0.25) is 5.91 Å². The van der Waals surface area contributed by atoms with Crippen LogP contribution in [-0.2, 0) is 20.9 Å². The van der Waals surface area contributed by atoms with Gasteiger partial charge < -0.3 is 14.5 Å². The zero-order valence-electron chi connectivity index (χ0n) is 27.3. The molecule has 4 aromatic rings. The second kappa shape index (κ2) is 14.8. The number of allylic oxidation sites excluding steroid dienone is 1. The minimum Gasteiger partial charge on any atom is -0.463 e. The zero-order valence-corrected chi connectivity index (χ0v) is 27.3. The maximum Gasteiger partial charge on any atom is 0.336 e. The number of piperazine rings is 1. The van der Waals surface area contributed by atoms with Crippen LogP contribution in [0, 0.1) is 5.82 Å². The summed E-state index contributed by atoms with van der Waals surface area (Å²) in [6.07, 6.45) is 0.0207. The van der Waals surface area contributed by atoms with Crippen molar-refractivity contribution in [2.75, 3.05) is 32.8 Å². The molecular formula is C40H40FN3O4. The second-order valence-electron chi connectivity index (χ2n) is 12.3. The van der Waals surface area contributed by atoms with Gasteiger partial charge in [-0.1, -0.05) is 84.9 Å². The van der Waals surface area contributed by atoms with Crippen LogP contribution < -0.4 is 0 Å². The van der Waals surface area contributed by atoms with Crippen LogP contribution in [-0.4, -0.2) is 65.3 Å². The van der Waals surface area contributed by atoms with E-state index in [2.05, 4.69) is 53.4 Å². The molecule has 1 unspecified atom stereocenters. The standard InChI is InChI=1S/C40H40FN3O4/c1-3-48-40(47)37-28(2)44(36(45)26-35(37)33-15-10-16-34(41)25-33)27-29-17-19-32(20-18-29)39(46)43-23-21-42(22-24-43)38(30-11-6-4-7-12-30)31-13-8-5-9-14-31/h4-20,25,35,38H,3,21-24,26-27H2,1-2H3. The Morgan fingerprint density at radius 1 is 0.833 bits per heavy atom. The maximum atomic E-state index is 14.1. The molecule has 1 atom stereocenters. The lowest BCUT2D eigenvalue weighted by atomic mass is 9.83. The van der Waals surface area contributed by atoms with Crippen molar-refractivity contribution in [3.8, 4) is 0 Å². The summed E-state index contributed by atoms with van der Waals surface area (Å²) < 4.78 is 19.4. The fourth-order valence-electron chi connectivity index (χ4n) is 6.87. The summed E-state index contributed by atoms with van der Waals surface area (Å²) in [6, 6.07) is 34.4. The summed E-state index contributed by atoms with van der Waals surface area (Å²) in [5, 5.41) is 0. The van der Waals surface area contributed by atoms with E-state index in [0.717, 1.165) is 18.7 Å². The van der Waals surface area contributed by atoms with Crippen molar-refractivity contribution in [1.82, 2.24) is 14.7 Å². The zero-order chi connectivity index (χ0) is 33.6. The van der Waals surface area contributed by atoms with Crippen molar-refractivity contribution in [3.63, 3.8) is 0 Å². The predicted molar refractivity (Wildman–Crippen MR) is 182 cm³/mol. The highest BCUT2D eigenvalue weighted by atomic mass is 19.1. The highest BCUT2D eigenvalue weighted by molar-refractivity contribution is 5.96. The van der Waals surface area contributed by atoms with Crippen LogP contribution in [0.25, 0.3) is 0 Å². The fourth-order valence-corrected chi connectivity index (χ4v) is 6.87. The van der Waals surface area contributed by atoms with Crippen molar-refractivity contribution in [2.24, 2.45) is 0 Å². The second-order valence-corrected chi connectivity index (χ2v) is 12.3. The summed E-state index contributed by atoms with van der Waals surface area (Å²) in [4.78, 5) is 46.0. The Labute approximate surface area is 281 Å². The molecule has 0 bridgehead atoms. The summed E-state index contributed by atoms with van der Waals surface area (Å²) in [7, 11) is 0. The molecule has 2 heterocycles. The number of nitrogens with zero attached hydrogens (tertiary/aromatic N) is 3. The van der Waals surface area contributed by atoms with Crippen LogP contribution in [0.5, 0.6) is 0 Å². The van der Waals surface area contributed by atoms with Gasteiger partial charge in [-0.05, 0) is 60.4 Å². The Hall–Kier alpha value is -5.08. The van der Waals surface area contributed by atoms with Gasteiger partial charge in [0.1, 0.15) is 5.82 Å². The number of benzene rings is 4. The number of halogens is 1. The molecule has 2 aliphatic heterocycles. The van der Waals surface area contributed by atoms with Crippen LogP contribution >= 0.6 is 0 Å². The molecule has 0 radical (unpaired) electrons. The van der Waals surface area contributed by atoms with Crippen LogP contribution in [0.1, 0.15) is 64.8 Å². The number of carbonyl (C=O) groups is 3. The Morgan fingerprint density at radius 3 is 2.04 bits per heavy atom. The highest BCUT2D eigenvalue weighted by Crippen LogP contribution is 2.38. The maximum absolute atomic E-state index is 14.1. The third-order valence-corrected chi connectivity index (χ3v) is 9.31. The van der Waals surface area contributed by atoms with E-state index in [4.69, 9.17) is 4.74 Å². The first kappa shape index (κ1) is 32.8. The first-order chi connectivity index (χ1) is 23.3. The van der Waals surface area contributed by atoms with Crippen molar-refractivity contribution in [2.45, 2.75) is 38.8 Å². The molecule has 7 nitrogen and oxygen atoms in total. The summed E-state index contributed by atoms with van der Waals surface area (Å²) in [6.45, 7) is 6.61. The SMILES string of the molecule is CCOC(=O)C1=C(C)N(Cc2ccc(C(=O)N3CCN(C(c4ccccc4)c4ccccc4)CC3)cc2)C(=O)CC1c1cccc(F)c1. The van der Waals surface area contributed by atoms with Gasteiger partial charge in [-0.2, -0.15) is 0 Å². The minimum atomic E-state index is -0.598. The average molecular weight is 646 g/mol. The molecule has 1 fully saturated rings. The Kier molecular flexibility index (Phi) is 10.1. The van der Waals surface area contributed by atoms with Gasteiger partial charge >= 0.3 is 5.97 Å². The third kappa shape index (κ3) is 7.09. The predicted octanol–water partition coefficient (Wildman–Crippen LogP) is 6.73. The molecule has 48 heavy (non-hydrogen) atoms. The van der Waals surface area contributed by atoms with Gasteiger partial charge in [0.05, 0.1) is 24.8 Å². The molecule has 8 heteroatoms. The van der Waals surface area contributed by atoms with E-state index in [1.165, 1.54) is 23.3 Å². The molecule has 0 aromatic heterocycles. The van der Waals surface area contributed by atoms with Crippen molar-refractivity contribution < 1.29 is 23.5 Å². The molecule has 2 amide bonds. The number of hydrogen-bond donors (Lipinski definition) is 0.